The van der Waals surface area contributed by atoms with Crippen LogP contribution in [-0.2, 0) is 12.4 Å². The second-order valence-corrected chi connectivity index (χ2v) is 5.29. The van der Waals surface area contributed by atoms with Crippen LogP contribution in [0.2, 0.25) is 0 Å². The Kier molecular flexibility index (Phi) is 3.31. The average Bonchev–Trinajstić information content (AvgIpc) is 2.95. The lowest BCUT2D eigenvalue weighted by molar-refractivity contribution is 0.590. The van der Waals surface area contributed by atoms with Crippen molar-refractivity contribution in [3.8, 4) is 0 Å². The minimum absolute atomic E-state index is 0.0596. The van der Waals surface area contributed by atoms with Crippen LogP contribution in [0.5, 0.6) is 0 Å². The smallest absolute Gasteiger partial charge is 0.304 e. The van der Waals surface area contributed by atoms with Gasteiger partial charge in [0.05, 0.1) is 17.9 Å². The molecule has 20 heavy (non-hydrogen) atoms. The van der Waals surface area contributed by atoms with Crippen LogP contribution in [-0.4, -0.2) is 14.5 Å². The SMILES string of the molecule is O=c1[nH]c(Cn2c(CCl)nc3c(F)cc(F)cc32)cs1. The van der Waals surface area contributed by atoms with Gasteiger partial charge in [-0.05, 0) is 6.07 Å². The van der Waals surface area contributed by atoms with E-state index in [1.807, 2.05) is 0 Å². The van der Waals surface area contributed by atoms with Gasteiger partial charge in [0.15, 0.2) is 5.82 Å². The molecule has 3 rings (SSSR count). The Bertz CT molecular complexity index is 839. The topological polar surface area (TPSA) is 50.7 Å². The maximum absolute atomic E-state index is 13.7. The number of H-pyrrole nitrogens is 1. The number of fused-ring (bicyclic) bond motifs is 1. The zero-order valence-electron chi connectivity index (χ0n) is 9.99. The van der Waals surface area contributed by atoms with Gasteiger partial charge < -0.3 is 9.55 Å². The quantitative estimate of drug-likeness (QED) is 0.756. The molecule has 0 unspecified atom stereocenters. The van der Waals surface area contributed by atoms with Crippen molar-refractivity contribution < 1.29 is 8.78 Å². The van der Waals surface area contributed by atoms with Crippen LogP contribution < -0.4 is 4.87 Å². The van der Waals surface area contributed by atoms with Crippen LogP contribution in [0.15, 0.2) is 22.3 Å². The zero-order chi connectivity index (χ0) is 14.3. The molecular formula is C12H8ClF2N3OS. The third kappa shape index (κ3) is 2.23. The first-order chi connectivity index (χ1) is 9.58. The number of imidazole rings is 1. The van der Waals surface area contributed by atoms with E-state index in [4.69, 9.17) is 11.6 Å². The number of hydrogen-bond donors (Lipinski definition) is 1. The molecule has 1 N–H and O–H groups in total. The van der Waals surface area contributed by atoms with Crippen LogP contribution in [0.4, 0.5) is 8.78 Å². The Morgan fingerprint density at radius 3 is 2.85 bits per heavy atom. The van der Waals surface area contributed by atoms with Crippen molar-refractivity contribution in [2.24, 2.45) is 0 Å². The number of aromatic amines is 1. The normalized spacial score (nSPS) is 11.3. The maximum Gasteiger partial charge on any atom is 0.304 e. The van der Waals surface area contributed by atoms with E-state index < -0.39 is 11.6 Å². The molecule has 0 amide bonds. The largest absolute Gasteiger partial charge is 0.321 e. The number of benzene rings is 1. The average molecular weight is 316 g/mol. The van der Waals surface area contributed by atoms with Crippen LogP contribution in [0, 0.1) is 11.6 Å². The van der Waals surface area contributed by atoms with E-state index in [-0.39, 0.29) is 22.8 Å². The van der Waals surface area contributed by atoms with E-state index >= 15 is 0 Å². The van der Waals surface area contributed by atoms with Gasteiger partial charge >= 0.3 is 4.87 Å². The lowest BCUT2D eigenvalue weighted by atomic mass is 10.3. The summed E-state index contributed by atoms with van der Waals surface area (Å²) in [5.74, 6) is -0.942. The predicted molar refractivity (Wildman–Crippen MR) is 73.2 cm³/mol. The number of nitrogens with one attached hydrogen (secondary N) is 1. The minimum atomic E-state index is -0.732. The molecule has 0 aliphatic heterocycles. The van der Waals surface area contributed by atoms with Gasteiger partial charge in [-0.1, -0.05) is 11.3 Å². The lowest BCUT2D eigenvalue weighted by Gasteiger charge is -2.05. The standard InChI is InChI=1S/C12H8ClF2N3OS/c13-3-10-17-11-8(15)1-6(14)2-9(11)18(10)4-7-5-20-12(19)16-7/h1-2,5H,3-4H2,(H,16,19). The second-order valence-electron chi connectivity index (χ2n) is 4.18. The first-order valence-electron chi connectivity index (χ1n) is 5.65. The highest BCUT2D eigenvalue weighted by Gasteiger charge is 2.15. The van der Waals surface area contributed by atoms with Crippen molar-refractivity contribution in [1.29, 1.82) is 0 Å². The Labute approximate surface area is 120 Å². The van der Waals surface area contributed by atoms with Crippen LogP contribution >= 0.6 is 22.9 Å². The molecule has 0 bridgehead atoms. The molecule has 4 nitrogen and oxygen atoms in total. The fourth-order valence-electron chi connectivity index (χ4n) is 2.04. The van der Waals surface area contributed by atoms with Gasteiger partial charge in [-0.15, -0.1) is 11.6 Å². The summed E-state index contributed by atoms with van der Waals surface area (Å²) in [7, 11) is 0. The Morgan fingerprint density at radius 2 is 2.20 bits per heavy atom. The Morgan fingerprint density at radius 1 is 1.40 bits per heavy atom. The molecule has 3 aromatic rings. The van der Waals surface area contributed by atoms with Gasteiger partial charge in [0.1, 0.15) is 17.2 Å². The molecule has 2 heterocycles. The van der Waals surface area contributed by atoms with Crippen molar-refractivity contribution >= 4 is 34.0 Å². The van der Waals surface area contributed by atoms with Gasteiger partial charge in [-0.2, -0.15) is 0 Å². The van der Waals surface area contributed by atoms with E-state index in [1.54, 1.807) is 9.95 Å². The van der Waals surface area contributed by atoms with Crippen molar-refractivity contribution in [3.05, 3.63) is 50.3 Å². The van der Waals surface area contributed by atoms with Gasteiger partial charge in [-0.25, -0.2) is 13.8 Å². The highest BCUT2D eigenvalue weighted by molar-refractivity contribution is 7.07. The first kappa shape index (κ1) is 13.3. The van der Waals surface area contributed by atoms with Crippen LogP contribution in [0.1, 0.15) is 11.5 Å². The van der Waals surface area contributed by atoms with E-state index in [9.17, 15) is 13.6 Å². The number of thiazole rings is 1. The molecule has 0 fully saturated rings. The molecule has 0 aliphatic rings. The molecule has 0 atom stereocenters. The highest BCUT2D eigenvalue weighted by atomic mass is 35.5. The molecule has 1 aromatic carbocycles. The van der Waals surface area contributed by atoms with Crippen molar-refractivity contribution in [1.82, 2.24) is 14.5 Å². The summed E-state index contributed by atoms with van der Waals surface area (Å²) in [5.41, 5.74) is 1.01. The summed E-state index contributed by atoms with van der Waals surface area (Å²) in [4.78, 5) is 17.7. The van der Waals surface area contributed by atoms with Gasteiger partial charge in [0.25, 0.3) is 0 Å². The van der Waals surface area contributed by atoms with Crippen molar-refractivity contribution in [2.75, 3.05) is 0 Å². The lowest BCUT2D eigenvalue weighted by Crippen LogP contribution is -2.06. The number of nitrogens with zero attached hydrogens (tertiary/aromatic N) is 2. The molecular weight excluding hydrogens is 308 g/mol. The van der Waals surface area contributed by atoms with Crippen LogP contribution in [0.25, 0.3) is 11.0 Å². The van der Waals surface area contributed by atoms with Crippen molar-refractivity contribution in [3.63, 3.8) is 0 Å². The molecule has 0 saturated carbocycles. The van der Waals surface area contributed by atoms with Gasteiger partial charge in [0.2, 0.25) is 0 Å². The zero-order valence-corrected chi connectivity index (χ0v) is 11.6. The number of rotatable bonds is 3. The van der Waals surface area contributed by atoms with Crippen molar-refractivity contribution in [2.45, 2.75) is 12.4 Å². The number of halogens is 3. The molecule has 2 aromatic heterocycles. The number of hydrogen-bond acceptors (Lipinski definition) is 3. The fourth-order valence-corrected chi connectivity index (χ4v) is 2.81. The van der Waals surface area contributed by atoms with E-state index in [1.165, 1.54) is 6.07 Å². The minimum Gasteiger partial charge on any atom is -0.321 e. The van der Waals surface area contributed by atoms with Gasteiger partial charge in [0, 0.05) is 17.1 Å². The summed E-state index contributed by atoms with van der Waals surface area (Å²) < 4.78 is 28.7. The monoisotopic (exact) mass is 315 g/mol. The number of aromatic nitrogens is 3. The third-order valence-corrected chi connectivity index (χ3v) is 3.83. The summed E-state index contributed by atoms with van der Waals surface area (Å²) in [5, 5.41) is 1.65. The highest BCUT2D eigenvalue weighted by Crippen LogP contribution is 2.22. The number of alkyl halides is 1. The van der Waals surface area contributed by atoms with E-state index in [2.05, 4.69) is 9.97 Å². The summed E-state index contributed by atoms with van der Waals surface area (Å²) in [6.45, 7) is 0.250. The van der Waals surface area contributed by atoms with E-state index in [0.717, 1.165) is 17.4 Å². The first-order valence-corrected chi connectivity index (χ1v) is 7.06. The summed E-state index contributed by atoms with van der Waals surface area (Å²) in [6, 6.07) is 1.98. The Balaban J connectivity index is 2.19. The molecule has 0 radical (unpaired) electrons. The summed E-state index contributed by atoms with van der Waals surface area (Å²) in [6.07, 6.45) is 0. The second kappa shape index (κ2) is 4.99. The fraction of sp³-hybridized carbons (Fsp3) is 0.167. The van der Waals surface area contributed by atoms with Gasteiger partial charge in [-0.3, -0.25) is 4.79 Å². The molecule has 8 heteroatoms. The Hall–Kier alpha value is -1.73. The maximum atomic E-state index is 13.7. The molecule has 104 valence electrons. The molecule has 0 aliphatic carbocycles. The van der Waals surface area contributed by atoms with Crippen LogP contribution in [0.3, 0.4) is 0 Å². The predicted octanol–water partition coefficient (Wildman–Crippen LogP) is 2.85. The molecule has 0 saturated heterocycles. The third-order valence-electron chi connectivity index (χ3n) is 2.87. The molecule has 0 spiro atoms. The van der Waals surface area contributed by atoms with E-state index in [0.29, 0.717) is 17.0 Å². The summed E-state index contributed by atoms with van der Waals surface area (Å²) >= 11 is 6.82.